The first-order valence-electron chi connectivity index (χ1n) is 7.31. The van der Waals surface area contributed by atoms with Crippen LogP contribution in [0.3, 0.4) is 0 Å². The van der Waals surface area contributed by atoms with Gasteiger partial charge in [0.1, 0.15) is 5.82 Å². The standard InChI is InChI=1S/C18H17N3/c19-12-15-11-14-6-1-3-7-16(14)20-18(15)21-10-9-13-5-2-4-8-17(13)21/h1-8,11H,9-10,12,19H2. The van der Waals surface area contributed by atoms with Gasteiger partial charge in [0, 0.05) is 29.7 Å². The van der Waals surface area contributed by atoms with Gasteiger partial charge < -0.3 is 10.6 Å². The first-order valence-corrected chi connectivity index (χ1v) is 7.31. The van der Waals surface area contributed by atoms with E-state index in [4.69, 9.17) is 10.7 Å². The highest BCUT2D eigenvalue weighted by atomic mass is 15.2. The Balaban J connectivity index is 1.90. The molecule has 0 radical (unpaired) electrons. The second kappa shape index (κ2) is 4.86. The fourth-order valence-corrected chi connectivity index (χ4v) is 3.09. The third-order valence-electron chi connectivity index (χ3n) is 4.14. The number of benzene rings is 2. The van der Waals surface area contributed by atoms with Gasteiger partial charge in [0.2, 0.25) is 0 Å². The molecule has 2 N–H and O–H groups in total. The molecule has 3 heteroatoms. The highest BCUT2D eigenvalue weighted by Crippen LogP contribution is 2.35. The molecule has 2 aromatic carbocycles. The number of nitrogens with two attached hydrogens (primary N) is 1. The van der Waals surface area contributed by atoms with Crippen molar-refractivity contribution in [2.45, 2.75) is 13.0 Å². The number of hydrogen-bond acceptors (Lipinski definition) is 3. The maximum absolute atomic E-state index is 5.96. The first kappa shape index (κ1) is 12.4. The summed E-state index contributed by atoms with van der Waals surface area (Å²) in [5.74, 6) is 1.00. The first-order chi connectivity index (χ1) is 10.4. The van der Waals surface area contributed by atoms with Crippen LogP contribution in [0.5, 0.6) is 0 Å². The van der Waals surface area contributed by atoms with E-state index < -0.39 is 0 Å². The summed E-state index contributed by atoms with van der Waals surface area (Å²) >= 11 is 0. The molecule has 0 atom stereocenters. The molecule has 21 heavy (non-hydrogen) atoms. The van der Waals surface area contributed by atoms with Crippen LogP contribution in [0.4, 0.5) is 11.5 Å². The Morgan fingerprint density at radius 1 is 1.05 bits per heavy atom. The van der Waals surface area contributed by atoms with Crippen molar-refractivity contribution in [1.29, 1.82) is 0 Å². The van der Waals surface area contributed by atoms with E-state index in [0.717, 1.165) is 35.2 Å². The van der Waals surface area contributed by atoms with E-state index in [9.17, 15) is 0 Å². The number of nitrogens with zero attached hydrogens (tertiary/aromatic N) is 2. The van der Waals surface area contributed by atoms with E-state index in [0.29, 0.717) is 6.54 Å². The maximum Gasteiger partial charge on any atom is 0.138 e. The number of rotatable bonds is 2. The maximum atomic E-state index is 5.96. The van der Waals surface area contributed by atoms with Crippen molar-refractivity contribution in [3.8, 4) is 0 Å². The molecule has 1 aliphatic heterocycles. The fraction of sp³-hybridized carbons (Fsp3) is 0.167. The zero-order valence-electron chi connectivity index (χ0n) is 11.8. The molecular weight excluding hydrogens is 258 g/mol. The minimum absolute atomic E-state index is 0.506. The largest absolute Gasteiger partial charge is 0.326 e. The molecule has 0 unspecified atom stereocenters. The van der Waals surface area contributed by atoms with Gasteiger partial charge in [0.05, 0.1) is 5.52 Å². The Labute approximate surface area is 124 Å². The molecule has 0 aliphatic carbocycles. The highest BCUT2D eigenvalue weighted by molar-refractivity contribution is 5.83. The Morgan fingerprint density at radius 2 is 1.86 bits per heavy atom. The van der Waals surface area contributed by atoms with Gasteiger partial charge >= 0.3 is 0 Å². The highest BCUT2D eigenvalue weighted by Gasteiger charge is 2.23. The van der Waals surface area contributed by atoms with Gasteiger partial charge in [0.25, 0.3) is 0 Å². The summed E-state index contributed by atoms with van der Waals surface area (Å²) in [5, 5.41) is 1.15. The predicted molar refractivity (Wildman–Crippen MR) is 86.8 cm³/mol. The molecule has 0 spiro atoms. The molecule has 0 amide bonds. The lowest BCUT2D eigenvalue weighted by atomic mass is 10.1. The molecule has 0 saturated carbocycles. The molecular formula is C18H17N3. The van der Waals surface area contributed by atoms with E-state index in [-0.39, 0.29) is 0 Å². The summed E-state index contributed by atoms with van der Waals surface area (Å²) in [6, 6.07) is 18.9. The van der Waals surface area contributed by atoms with Crippen molar-refractivity contribution in [3.05, 3.63) is 65.7 Å². The Hall–Kier alpha value is -2.39. The summed E-state index contributed by atoms with van der Waals surface area (Å²) in [7, 11) is 0. The quantitative estimate of drug-likeness (QED) is 0.779. The summed E-state index contributed by atoms with van der Waals surface area (Å²) in [6.45, 7) is 1.48. The van der Waals surface area contributed by atoms with Gasteiger partial charge in [0.15, 0.2) is 0 Å². The van der Waals surface area contributed by atoms with Crippen molar-refractivity contribution in [1.82, 2.24) is 4.98 Å². The van der Waals surface area contributed by atoms with E-state index in [2.05, 4.69) is 47.4 Å². The SMILES string of the molecule is NCc1cc2ccccc2nc1N1CCc2ccccc21. The zero-order valence-corrected chi connectivity index (χ0v) is 11.8. The second-order valence-electron chi connectivity index (χ2n) is 5.40. The molecule has 0 fully saturated rings. The van der Waals surface area contributed by atoms with E-state index >= 15 is 0 Å². The lowest BCUT2D eigenvalue weighted by Crippen LogP contribution is -2.18. The third kappa shape index (κ3) is 1.98. The Kier molecular flexibility index (Phi) is 2.86. The smallest absolute Gasteiger partial charge is 0.138 e. The number of hydrogen-bond donors (Lipinski definition) is 1. The third-order valence-corrected chi connectivity index (χ3v) is 4.14. The average molecular weight is 275 g/mol. The topological polar surface area (TPSA) is 42.1 Å². The van der Waals surface area contributed by atoms with Crippen LogP contribution in [-0.4, -0.2) is 11.5 Å². The number of fused-ring (bicyclic) bond motifs is 2. The van der Waals surface area contributed by atoms with Crippen LogP contribution in [0, 0.1) is 0 Å². The van der Waals surface area contributed by atoms with Crippen molar-refractivity contribution in [3.63, 3.8) is 0 Å². The molecule has 3 aromatic rings. The van der Waals surface area contributed by atoms with E-state index in [1.54, 1.807) is 0 Å². The van der Waals surface area contributed by atoms with Gasteiger partial charge in [-0.05, 0) is 30.2 Å². The Morgan fingerprint density at radius 3 is 2.76 bits per heavy atom. The molecule has 1 aromatic heterocycles. The summed E-state index contributed by atoms with van der Waals surface area (Å²) < 4.78 is 0. The molecule has 3 nitrogen and oxygen atoms in total. The number of anilines is 2. The van der Waals surface area contributed by atoms with Gasteiger partial charge in [-0.15, -0.1) is 0 Å². The molecule has 104 valence electrons. The van der Waals surface area contributed by atoms with Crippen LogP contribution in [0.1, 0.15) is 11.1 Å². The van der Waals surface area contributed by atoms with E-state index in [1.165, 1.54) is 11.3 Å². The lowest BCUT2D eigenvalue weighted by Gasteiger charge is -2.21. The molecule has 4 rings (SSSR count). The van der Waals surface area contributed by atoms with Gasteiger partial charge in [-0.25, -0.2) is 4.98 Å². The van der Waals surface area contributed by atoms with E-state index in [1.807, 2.05) is 12.1 Å². The van der Waals surface area contributed by atoms with Gasteiger partial charge in [-0.2, -0.15) is 0 Å². The molecule has 2 heterocycles. The van der Waals surface area contributed by atoms with Crippen molar-refractivity contribution >= 4 is 22.4 Å². The molecule has 0 bridgehead atoms. The van der Waals surface area contributed by atoms with Crippen LogP contribution >= 0.6 is 0 Å². The summed E-state index contributed by atoms with van der Waals surface area (Å²) in [6.07, 6.45) is 1.06. The van der Waals surface area contributed by atoms with Crippen LogP contribution in [0.15, 0.2) is 54.6 Å². The van der Waals surface area contributed by atoms with Gasteiger partial charge in [-0.3, -0.25) is 0 Å². The van der Waals surface area contributed by atoms with Gasteiger partial charge in [-0.1, -0.05) is 36.4 Å². The normalized spacial score (nSPS) is 13.7. The fourth-order valence-electron chi connectivity index (χ4n) is 3.09. The number of para-hydroxylation sites is 2. The van der Waals surface area contributed by atoms with Crippen LogP contribution in [0.2, 0.25) is 0 Å². The summed E-state index contributed by atoms with van der Waals surface area (Å²) in [4.78, 5) is 7.17. The van der Waals surface area contributed by atoms with Crippen LogP contribution < -0.4 is 10.6 Å². The van der Waals surface area contributed by atoms with Crippen molar-refractivity contribution in [2.75, 3.05) is 11.4 Å². The monoisotopic (exact) mass is 275 g/mol. The zero-order chi connectivity index (χ0) is 14.2. The predicted octanol–water partition coefficient (Wildman–Crippen LogP) is 3.39. The molecule has 1 aliphatic rings. The molecule has 0 saturated heterocycles. The van der Waals surface area contributed by atoms with Crippen LogP contribution in [0.25, 0.3) is 10.9 Å². The average Bonchev–Trinajstić information content (AvgIpc) is 2.97. The Bertz CT molecular complexity index is 810. The number of pyridine rings is 1. The van der Waals surface area contributed by atoms with Crippen LogP contribution in [-0.2, 0) is 13.0 Å². The van der Waals surface area contributed by atoms with Crippen molar-refractivity contribution < 1.29 is 0 Å². The number of aromatic nitrogens is 1. The second-order valence-corrected chi connectivity index (χ2v) is 5.40. The van der Waals surface area contributed by atoms with Crippen molar-refractivity contribution in [2.24, 2.45) is 5.73 Å². The summed E-state index contributed by atoms with van der Waals surface area (Å²) in [5.41, 5.74) is 10.7. The minimum Gasteiger partial charge on any atom is -0.326 e. The minimum atomic E-state index is 0.506. The lowest BCUT2D eigenvalue weighted by molar-refractivity contribution is 0.950.